The van der Waals surface area contributed by atoms with Gasteiger partial charge in [0.2, 0.25) is 0 Å². The predicted octanol–water partition coefficient (Wildman–Crippen LogP) is 7.99. The van der Waals surface area contributed by atoms with Gasteiger partial charge in [-0.25, -0.2) is 0 Å². The minimum Gasteiger partial charge on any atom is -0.493 e. The van der Waals surface area contributed by atoms with Crippen molar-refractivity contribution in [1.29, 1.82) is 0 Å². The fraction of sp³-hybridized carbons (Fsp3) is 0.531. The molecule has 1 amide bonds. The van der Waals surface area contributed by atoms with Crippen LogP contribution in [-0.2, 0) is 11.2 Å². The number of amides is 1. The second-order valence-electron chi connectivity index (χ2n) is 10.5. The minimum absolute atomic E-state index is 0.0177. The molecule has 37 heavy (non-hydrogen) atoms. The molecule has 4 rings (SSSR count). The smallest absolute Gasteiger partial charge is 0.264 e. The second-order valence-corrected chi connectivity index (χ2v) is 12.3. The van der Waals surface area contributed by atoms with Crippen LogP contribution < -0.4 is 14.4 Å². The predicted molar refractivity (Wildman–Crippen MR) is 156 cm³/mol. The maximum absolute atomic E-state index is 13.6. The Morgan fingerprint density at radius 2 is 1.70 bits per heavy atom. The topological polar surface area (TPSA) is 38.8 Å². The summed E-state index contributed by atoms with van der Waals surface area (Å²) in [6.45, 7) is 4.52. The third kappa shape index (κ3) is 7.80. The lowest BCUT2D eigenvalue weighted by Gasteiger charge is -2.31. The summed E-state index contributed by atoms with van der Waals surface area (Å²) in [7, 11) is 1.63. The van der Waals surface area contributed by atoms with Gasteiger partial charge in [-0.3, -0.25) is 4.79 Å². The molecule has 2 aliphatic rings. The van der Waals surface area contributed by atoms with E-state index in [1.54, 1.807) is 7.11 Å². The number of carbonyl (C=O) groups is 1. The summed E-state index contributed by atoms with van der Waals surface area (Å²) in [5, 5.41) is 0.458. The highest BCUT2D eigenvalue weighted by molar-refractivity contribution is 8.01. The summed E-state index contributed by atoms with van der Waals surface area (Å²) < 4.78 is 11.9. The Labute approximate surface area is 227 Å². The molecule has 1 saturated carbocycles. The first-order valence-corrected chi connectivity index (χ1v) is 14.9. The van der Waals surface area contributed by atoms with Gasteiger partial charge in [0, 0.05) is 22.2 Å². The van der Waals surface area contributed by atoms with Gasteiger partial charge in [-0.15, -0.1) is 18.3 Å². The fourth-order valence-corrected chi connectivity index (χ4v) is 7.73. The number of nitrogens with zero attached hydrogens (tertiary/aromatic N) is 1. The van der Waals surface area contributed by atoms with E-state index in [-0.39, 0.29) is 12.5 Å². The summed E-state index contributed by atoms with van der Waals surface area (Å²) in [4.78, 5) is 15.5. The quantitative estimate of drug-likeness (QED) is 0.313. The number of carbonyl (C=O) groups excluding carboxylic acids is 1. The van der Waals surface area contributed by atoms with Crippen molar-refractivity contribution >= 4 is 23.4 Å². The van der Waals surface area contributed by atoms with Crippen molar-refractivity contribution in [2.45, 2.75) is 87.0 Å². The van der Waals surface area contributed by atoms with Crippen LogP contribution in [0.15, 0.2) is 61.2 Å². The van der Waals surface area contributed by atoms with E-state index in [9.17, 15) is 4.79 Å². The number of ether oxygens (including phenoxy) is 2. The van der Waals surface area contributed by atoms with Crippen LogP contribution in [0.3, 0.4) is 0 Å². The Bertz CT molecular complexity index is 998. The molecule has 0 N–H and O–H groups in total. The van der Waals surface area contributed by atoms with Crippen LogP contribution in [0.1, 0.15) is 76.2 Å². The summed E-state index contributed by atoms with van der Waals surface area (Å²) in [6, 6.07) is 15.9. The van der Waals surface area contributed by atoms with Crippen molar-refractivity contribution < 1.29 is 14.3 Å². The lowest BCUT2D eigenvalue weighted by molar-refractivity contribution is -0.120. The first-order chi connectivity index (χ1) is 18.1. The average molecular weight is 522 g/mol. The fourth-order valence-electron chi connectivity index (χ4n) is 5.80. The third-order valence-electron chi connectivity index (χ3n) is 7.82. The van der Waals surface area contributed by atoms with E-state index in [0.29, 0.717) is 21.5 Å². The van der Waals surface area contributed by atoms with Crippen molar-refractivity contribution in [3.8, 4) is 11.5 Å². The molecular formula is C32H43NO3S. The molecule has 1 saturated heterocycles. The first kappa shape index (κ1) is 27.6. The Kier molecular flexibility index (Phi) is 10.4. The Morgan fingerprint density at radius 3 is 2.38 bits per heavy atom. The number of rotatable bonds is 9. The van der Waals surface area contributed by atoms with Crippen LogP contribution in [0.4, 0.5) is 5.69 Å². The van der Waals surface area contributed by atoms with Crippen molar-refractivity contribution in [2.75, 3.05) is 25.2 Å². The zero-order valence-electron chi connectivity index (χ0n) is 22.5. The van der Waals surface area contributed by atoms with Crippen molar-refractivity contribution in [3.63, 3.8) is 0 Å². The van der Waals surface area contributed by atoms with Gasteiger partial charge >= 0.3 is 0 Å². The van der Waals surface area contributed by atoms with E-state index in [4.69, 9.17) is 9.47 Å². The maximum Gasteiger partial charge on any atom is 0.264 e. The van der Waals surface area contributed by atoms with Crippen LogP contribution in [-0.4, -0.2) is 36.2 Å². The highest BCUT2D eigenvalue weighted by atomic mass is 32.2. The van der Waals surface area contributed by atoms with Crippen molar-refractivity contribution in [2.24, 2.45) is 0 Å². The number of thioether (sulfide) groups is 1. The normalized spacial score (nSPS) is 19.8. The first-order valence-electron chi connectivity index (χ1n) is 14.1. The van der Waals surface area contributed by atoms with Gasteiger partial charge in [-0.05, 0) is 61.9 Å². The van der Waals surface area contributed by atoms with E-state index in [2.05, 4.69) is 18.3 Å². The average Bonchev–Trinajstić information content (AvgIpc) is 3.33. The van der Waals surface area contributed by atoms with Gasteiger partial charge in [0.25, 0.3) is 5.91 Å². The van der Waals surface area contributed by atoms with Crippen molar-refractivity contribution in [1.82, 2.24) is 0 Å². The lowest BCUT2D eigenvalue weighted by atomic mass is 9.88. The van der Waals surface area contributed by atoms with Crippen LogP contribution in [0.5, 0.6) is 11.5 Å². The van der Waals surface area contributed by atoms with Gasteiger partial charge in [0.15, 0.2) is 18.1 Å². The molecule has 0 aromatic heterocycles. The lowest BCUT2D eigenvalue weighted by Crippen LogP contribution is -2.39. The number of para-hydroxylation sites is 1. The molecule has 1 spiro atoms. The number of hydrogen-bond donors (Lipinski definition) is 0. The van der Waals surface area contributed by atoms with E-state index >= 15 is 0 Å². The SMILES string of the molecule is C=CCc1ccc(OCC(=O)N(CC2CCC3(CCCCCCCCC3)S2)c2ccccc2)c(OC)c1. The van der Waals surface area contributed by atoms with Crippen LogP contribution in [0, 0.1) is 0 Å². The molecule has 1 unspecified atom stereocenters. The molecule has 1 aliphatic carbocycles. The summed E-state index contributed by atoms with van der Waals surface area (Å²) >= 11 is 2.18. The van der Waals surface area contributed by atoms with Gasteiger partial charge < -0.3 is 14.4 Å². The van der Waals surface area contributed by atoms with Gasteiger partial charge in [-0.1, -0.05) is 75.3 Å². The molecule has 2 fully saturated rings. The number of hydrogen-bond acceptors (Lipinski definition) is 4. The van der Waals surface area contributed by atoms with Crippen molar-refractivity contribution in [3.05, 3.63) is 66.7 Å². The number of allylic oxidation sites excluding steroid dienone is 1. The van der Waals surface area contributed by atoms with Gasteiger partial charge in [0.05, 0.1) is 7.11 Å². The molecule has 1 heterocycles. The van der Waals surface area contributed by atoms with Crippen LogP contribution in [0.2, 0.25) is 0 Å². The Hall–Kier alpha value is -2.40. The van der Waals surface area contributed by atoms with Crippen LogP contribution >= 0.6 is 11.8 Å². The summed E-state index contributed by atoms with van der Waals surface area (Å²) in [6.07, 6.45) is 17.4. The third-order valence-corrected chi connectivity index (χ3v) is 9.65. The molecule has 0 bridgehead atoms. The molecule has 200 valence electrons. The molecule has 2 aromatic carbocycles. The Balaban J connectivity index is 1.43. The highest BCUT2D eigenvalue weighted by Gasteiger charge is 2.40. The van der Waals surface area contributed by atoms with Crippen LogP contribution in [0.25, 0.3) is 0 Å². The molecule has 0 radical (unpaired) electrons. The Morgan fingerprint density at radius 1 is 1.00 bits per heavy atom. The highest BCUT2D eigenvalue weighted by Crippen LogP contribution is 2.50. The zero-order valence-corrected chi connectivity index (χ0v) is 23.3. The van der Waals surface area contributed by atoms with E-state index < -0.39 is 0 Å². The largest absolute Gasteiger partial charge is 0.493 e. The zero-order chi connectivity index (χ0) is 25.9. The van der Waals surface area contributed by atoms with Gasteiger partial charge in [0.1, 0.15) is 0 Å². The van der Waals surface area contributed by atoms with E-state index in [0.717, 1.165) is 24.2 Å². The van der Waals surface area contributed by atoms with E-state index in [1.165, 1.54) is 70.6 Å². The molecule has 5 heteroatoms. The molecule has 4 nitrogen and oxygen atoms in total. The monoisotopic (exact) mass is 521 g/mol. The van der Waals surface area contributed by atoms with E-state index in [1.807, 2.05) is 59.5 Å². The van der Waals surface area contributed by atoms with Gasteiger partial charge in [-0.2, -0.15) is 0 Å². The molecule has 1 aliphatic heterocycles. The second kappa shape index (κ2) is 13.9. The summed E-state index contributed by atoms with van der Waals surface area (Å²) in [5.41, 5.74) is 2.04. The number of methoxy groups -OCH3 is 1. The number of anilines is 1. The molecule has 2 aromatic rings. The number of benzene rings is 2. The minimum atomic E-state index is -0.0193. The molecular weight excluding hydrogens is 478 g/mol. The molecule has 1 atom stereocenters. The summed E-state index contributed by atoms with van der Waals surface area (Å²) in [5.74, 6) is 1.21. The standard InChI is InChI=1S/C32H43NO3S/c1-3-14-26-17-18-29(30(23-26)35-2)36-25-31(34)33(27-15-10-9-11-16-27)24-28-19-22-32(37-28)20-12-7-5-4-6-8-13-21-32/h3,9-11,15-18,23,28H,1,4-8,12-14,19-22,24-25H2,2H3. The maximum atomic E-state index is 13.6.